The van der Waals surface area contributed by atoms with Gasteiger partial charge in [0.25, 0.3) is 0 Å². The first-order chi connectivity index (χ1) is 7.86. The topological polar surface area (TPSA) is 67.6 Å². The maximum atomic E-state index is 5.25. The lowest BCUT2D eigenvalue weighted by atomic mass is 10.4. The average Bonchev–Trinajstić information content (AvgIpc) is 2.79. The minimum atomic E-state index is 0.572. The predicted molar refractivity (Wildman–Crippen MR) is 64.7 cm³/mol. The number of nitrogens with zero attached hydrogens (tertiary/aromatic N) is 2. The van der Waals surface area contributed by atoms with E-state index >= 15 is 0 Å². The molecule has 4 nitrogen and oxygen atoms in total. The number of hydrogen-bond acceptors (Lipinski definition) is 3. The van der Waals surface area contributed by atoms with Crippen molar-refractivity contribution in [3.63, 3.8) is 0 Å². The fourth-order valence-corrected chi connectivity index (χ4v) is 1.26. The molecule has 80 valence electrons. The molecule has 0 saturated heterocycles. The summed E-state index contributed by atoms with van der Waals surface area (Å²) in [5.41, 5.74) is 7.37. The second-order valence-electron chi connectivity index (χ2n) is 3.17. The zero-order valence-corrected chi connectivity index (χ0v) is 8.67. The largest absolute Gasteiger partial charge is 0.384 e. The van der Waals surface area contributed by atoms with Gasteiger partial charge in [0.1, 0.15) is 5.82 Å². The Bertz CT molecular complexity index is 515. The van der Waals surface area contributed by atoms with Crippen molar-refractivity contribution < 1.29 is 0 Å². The van der Waals surface area contributed by atoms with E-state index in [0.29, 0.717) is 5.82 Å². The molecule has 0 radical (unpaired) electrons. The predicted octanol–water partition coefficient (Wildman–Crippen LogP) is 2.23. The summed E-state index contributed by atoms with van der Waals surface area (Å²) in [6, 6.07) is 11.3. The third-order valence-corrected chi connectivity index (χ3v) is 2.01. The Kier molecular flexibility index (Phi) is 3.13. The Hall–Kier alpha value is -2.36. The number of aromatic nitrogens is 3. The molecule has 0 aliphatic heterocycles. The molecular weight excluding hydrogens is 200 g/mol. The highest BCUT2D eigenvalue weighted by Crippen LogP contribution is 2.05. The molecule has 0 aliphatic carbocycles. The molecule has 0 aliphatic rings. The lowest BCUT2D eigenvalue weighted by Gasteiger charge is -1.82. The molecule has 0 spiro atoms. The summed E-state index contributed by atoms with van der Waals surface area (Å²) in [5.74, 6) is 0.572. The number of pyridine rings is 2. The third kappa shape index (κ3) is 2.57. The van der Waals surface area contributed by atoms with Gasteiger partial charge in [0, 0.05) is 18.6 Å². The summed E-state index contributed by atoms with van der Waals surface area (Å²) in [4.78, 5) is 10.9. The molecular formula is C12H12N4. The summed E-state index contributed by atoms with van der Waals surface area (Å²) < 4.78 is 0. The molecule has 3 rings (SSSR count). The molecule has 0 bridgehead atoms. The van der Waals surface area contributed by atoms with E-state index in [0.717, 1.165) is 11.0 Å². The monoisotopic (exact) mass is 212 g/mol. The minimum absolute atomic E-state index is 0.572. The normalized spacial score (nSPS) is 9.50. The van der Waals surface area contributed by atoms with Crippen molar-refractivity contribution in [2.45, 2.75) is 0 Å². The average molecular weight is 212 g/mol. The molecule has 3 N–H and O–H groups in total. The van der Waals surface area contributed by atoms with E-state index in [9.17, 15) is 0 Å². The Balaban J connectivity index is 0.000000125. The van der Waals surface area contributed by atoms with Crippen molar-refractivity contribution in [1.82, 2.24) is 15.0 Å². The quantitative estimate of drug-likeness (QED) is 0.600. The van der Waals surface area contributed by atoms with Crippen LogP contribution in [-0.4, -0.2) is 15.0 Å². The van der Waals surface area contributed by atoms with Crippen molar-refractivity contribution in [3.05, 3.63) is 55.0 Å². The summed E-state index contributed by atoms with van der Waals surface area (Å²) in [6.45, 7) is 0. The highest BCUT2D eigenvalue weighted by molar-refractivity contribution is 5.73. The van der Waals surface area contributed by atoms with Crippen LogP contribution in [0.1, 0.15) is 0 Å². The van der Waals surface area contributed by atoms with Gasteiger partial charge in [-0.05, 0) is 30.3 Å². The number of nitrogens with one attached hydrogen (secondary N) is 1. The van der Waals surface area contributed by atoms with E-state index < -0.39 is 0 Å². The van der Waals surface area contributed by atoms with Gasteiger partial charge in [0.05, 0.1) is 11.0 Å². The number of rotatable bonds is 0. The van der Waals surface area contributed by atoms with Gasteiger partial charge in [0.2, 0.25) is 0 Å². The number of fused-ring (bicyclic) bond motifs is 1. The molecule has 4 heteroatoms. The van der Waals surface area contributed by atoms with Crippen molar-refractivity contribution in [1.29, 1.82) is 0 Å². The number of nitrogens with two attached hydrogens (primary N) is 1. The number of aromatic amines is 1. The van der Waals surface area contributed by atoms with Crippen LogP contribution in [-0.2, 0) is 0 Å². The van der Waals surface area contributed by atoms with Crippen molar-refractivity contribution in [3.8, 4) is 0 Å². The molecule has 3 aromatic rings. The molecule has 3 heterocycles. The number of hydrogen-bond donors (Lipinski definition) is 2. The van der Waals surface area contributed by atoms with E-state index in [2.05, 4.69) is 15.0 Å². The molecule has 0 atom stereocenters. The Morgan fingerprint density at radius 1 is 0.938 bits per heavy atom. The maximum absolute atomic E-state index is 5.25. The summed E-state index contributed by atoms with van der Waals surface area (Å²) in [5, 5.41) is 0. The van der Waals surface area contributed by atoms with Gasteiger partial charge in [0.15, 0.2) is 0 Å². The summed E-state index contributed by atoms with van der Waals surface area (Å²) >= 11 is 0. The van der Waals surface area contributed by atoms with Crippen LogP contribution >= 0.6 is 0 Å². The highest BCUT2D eigenvalue weighted by Gasteiger charge is 1.88. The zero-order valence-electron chi connectivity index (χ0n) is 8.67. The van der Waals surface area contributed by atoms with Gasteiger partial charge in [-0.3, -0.25) is 4.98 Å². The molecule has 0 saturated carbocycles. The zero-order chi connectivity index (χ0) is 11.2. The van der Waals surface area contributed by atoms with Crippen LogP contribution in [0, 0.1) is 0 Å². The van der Waals surface area contributed by atoms with Gasteiger partial charge >= 0.3 is 0 Å². The third-order valence-electron chi connectivity index (χ3n) is 2.01. The number of anilines is 1. The van der Waals surface area contributed by atoms with Crippen LogP contribution in [0.2, 0.25) is 0 Å². The number of H-pyrrole nitrogens is 1. The van der Waals surface area contributed by atoms with Crippen LogP contribution in [0.25, 0.3) is 11.0 Å². The van der Waals surface area contributed by atoms with Crippen molar-refractivity contribution in [2.24, 2.45) is 0 Å². The van der Waals surface area contributed by atoms with Crippen molar-refractivity contribution in [2.75, 3.05) is 5.73 Å². The molecule has 0 unspecified atom stereocenters. The minimum Gasteiger partial charge on any atom is -0.384 e. The number of nitrogen functional groups attached to an aromatic ring is 1. The second-order valence-corrected chi connectivity index (χ2v) is 3.17. The molecule has 0 aromatic carbocycles. The standard InChI is InChI=1S/C7H6N2.C5H6N2/c1-2-6-7(8-4-1)3-5-9-6;6-5-3-1-2-4-7-5/h1-5,9H;1-4H,(H2,6,7). The Labute approximate surface area is 93.2 Å². The molecule has 3 aromatic heterocycles. The molecule has 16 heavy (non-hydrogen) atoms. The first-order valence-electron chi connectivity index (χ1n) is 4.91. The van der Waals surface area contributed by atoms with E-state index in [1.54, 1.807) is 18.5 Å². The fourth-order valence-electron chi connectivity index (χ4n) is 1.26. The lowest BCUT2D eigenvalue weighted by Crippen LogP contribution is -1.85. The Morgan fingerprint density at radius 2 is 1.81 bits per heavy atom. The van der Waals surface area contributed by atoms with Gasteiger partial charge in [-0.2, -0.15) is 0 Å². The van der Waals surface area contributed by atoms with Crippen LogP contribution < -0.4 is 5.73 Å². The van der Waals surface area contributed by atoms with E-state index in [1.807, 2.05) is 36.5 Å². The fraction of sp³-hybridized carbons (Fsp3) is 0. The maximum Gasteiger partial charge on any atom is 0.123 e. The van der Waals surface area contributed by atoms with E-state index in [-0.39, 0.29) is 0 Å². The van der Waals surface area contributed by atoms with Crippen LogP contribution in [0.4, 0.5) is 5.82 Å². The van der Waals surface area contributed by atoms with Gasteiger partial charge in [-0.25, -0.2) is 4.98 Å². The highest BCUT2D eigenvalue weighted by atomic mass is 14.8. The second kappa shape index (κ2) is 4.93. The summed E-state index contributed by atoms with van der Waals surface area (Å²) in [7, 11) is 0. The van der Waals surface area contributed by atoms with Crippen molar-refractivity contribution >= 4 is 16.9 Å². The van der Waals surface area contributed by atoms with E-state index in [4.69, 9.17) is 5.73 Å². The first kappa shape index (κ1) is 10.2. The van der Waals surface area contributed by atoms with Gasteiger partial charge in [-0.1, -0.05) is 6.07 Å². The Morgan fingerprint density at radius 3 is 2.44 bits per heavy atom. The van der Waals surface area contributed by atoms with Crippen LogP contribution in [0.3, 0.4) is 0 Å². The van der Waals surface area contributed by atoms with Gasteiger partial charge < -0.3 is 10.7 Å². The molecule has 0 amide bonds. The van der Waals surface area contributed by atoms with Crippen LogP contribution in [0.15, 0.2) is 55.0 Å². The summed E-state index contributed by atoms with van der Waals surface area (Å²) in [6.07, 6.45) is 5.34. The van der Waals surface area contributed by atoms with Gasteiger partial charge in [-0.15, -0.1) is 0 Å². The van der Waals surface area contributed by atoms with E-state index in [1.165, 1.54) is 0 Å². The lowest BCUT2D eigenvalue weighted by molar-refractivity contribution is 1.34. The van der Waals surface area contributed by atoms with Crippen LogP contribution in [0.5, 0.6) is 0 Å². The first-order valence-corrected chi connectivity index (χ1v) is 4.91. The smallest absolute Gasteiger partial charge is 0.123 e. The molecule has 0 fully saturated rings. The SMILES string of the molecule is Nc1ccccn1.c1cnc2cc[nH]c2c1.